The standard InChI is InChI=1S/C18H16BNO2/c21-19(22)16-11-6-10-15-14-9-4-5-12-17(14)20(18(15)16)13-7-2-1-3-8-13/h1-10,12,16,21-22H,11H2. The quantitative estimate of drug-likeness (QED) is 0.712. The van der Waals surface area contributed by atoms with E-state index in [4.69, 9.17) is 0 Å². The van der Waals surface area contributed by atoms with Crippen molar-refractivity contribution in [2.75, 3.05) is 0 Å². The number of hydrogen-bond donors (Lipinski definition) is 2. The molecule has 3 nitrogen and oxygen atoms in total. The van der Waals surface area contributed by atoms with Crippen molar-refractivity contribution in [1.29, 1.82) is 0 Å². The summed E-state index contributed by atoms with van der Waals surface area (Å²) in [6, 6.07) is 18.3. The number of allylic oxidation sites excluding steroid dienone is 1. The van der Waals surface area contributed by atoms with Crippen LogP contribution < -0.4 is 0 Å². The molecule has 0 saturated heterocycles. The van der Waals surface area contributed by atoms with Crippen LogP contribution in [-0.4, -0.2) is 21.7 Å². The summed E-state index contributed by atoms with van der Waals surface area (Å²) >= 11 is 0. The van der Waals surface area contributed by atoms with E-state index < -0.39 is 7.12 Å². The Morgan fingerprint density at radius 1 is 0.955 bits per heavy atom. The number of para-hydroxylation sites is 2. The third-order valence-corrected chi connectivity index (χ3v) is 4.35. The van der Waals surface area contributed by atoms with Crippen LogP contribution in [0.3, 0.4) is 0 Å². The van der Waals surface area contributed by atoms with E-state index in [1.54, 1.807) is 0 Å². The maximum absolute atomic E-state index is 9.83. The fourth-order valence-electron chi connectivity index (χ4n) is 3.39. The molecule has 0 saturated carbocycles. The summed E-state index contributed by atoms with van der Waals surface area (Å²) in [4.78, 5) is 0. The van der Waals surface area contributed by atoms with Crippen LogP contribution in [0, 0.1) is 0 Å². The van der Waals surface area contributed by atoms with E-state index in [1.165, 1.54) is 0 Å². The van der Waals surface area contributed by atoms with Gasteiger partial charge in [0.25, 0.3) is 0 Å². The molecule has 1 aliphatic carbocycles. The zero-order valence-corrected chi connectivity index (χ0v) is 12.1. The first kappa shape index (κ1) is 13.4. The van der Waals surface area contributed by atoms with Crippen molar-refractivity contribution in [2.45, 2.75) is 12.2 Å². The van der Waals surface area contributed by atoms with Crippen LogP contribution in [-0.2, 0) is 0 Å². The fourth-order valence-corrected chi connectivity index (χ4v) is 3.39. The van der Waals surface area contributed by atoms with Gasteiger partial charge in [0.05, 0.1) is 5.52 Å². The molecule has 1 aliphatic rings. The molecule has 3 aromatic rings. The molecule has 1 atom stereocenters. The Balaban J connectivity index is 2.11. The van der Waals surface area contributed by atoms with Crippen molar-refractivity contribution in [3.63, 3.8) is 0 Å². The van der Waals surface area contributed by atoms with Gasteiger partial charge in [-0.1, -0.05) is 48.6 Å². The lowest BCUT2D eigenvalue weighted by molar-refractivity contribution is 0.385. The highest BCUT2D eigenvalue weighted by Crippen LogP contribution is 2.39. The zero-order chi connectivity index (χ0) is 15.1. The van der Waals surface area contributed by atoms with Gasteiger partial charge in [0.15, 0.2) is 0 Å². The van der Waals surface area contributed by atoms with Crippen molar-refractivity contribution in [1.82, 2.24) is 4.57 Å². The summed E-state index contributed by atoms with van der Waals surface area (Å²) in [6.07, 6.45) is 4.75. The highest BCUT2D eigenvalue weighted by atomic mass is 16.4. The molecule has 108 valence electrons. The van der Waals surface area contributed by atoms with Gasteiger partial charge in [-0.25, -0.2) is 0 Å². The van der Waals surface area contributed by atoms with Crippen LogP contribution in [0.15, 0.2) is 60.7 Å². The van der Waals surface area contributed by atoms with E-state index in [0.717, 1.165) is 27.8 Å². The second-order valence-corrected chi connectivity index (χ2v) is 5.65. The topological polar surface area (TPSA) is 45.4 Å². The molecule has 0 fully saturated rings. The van der Waals surface area contributed by atoms with Crippen LogP contribution in [0.2, 0.25) is 0 Å². The van der Waals surface area contributed by atoms with E-state index in [0.29, 0.717) is 6.42 Å². The number of hydrogen-bond acceptors (Lipinski definition) is 2. The smallest absolute Gasteiger partial charge is 0.427 e. The molecule has 0 aliphatic heterocycles. The minimum absolute atomic E-state index is 0.312. The molecule has 4 heteroatoms. The van der Waals surface area contributed by atoms with Gasteiger partial charge in [-0.3, -0.25) is 0 Å². The van der Waals surface area contributed by atoms with E-state index in [9.17, 15) is 10.0 Å². The Morgan fingerprint density at radius 3 is 2.45 bits per heavy atom. The first-order chi connectivity index (χ1) is 10.8. The van der Waals surface area contributed by atoms with Crippen LogP contribution >= 0.6 is 0 Å². The normalized spacial score (nSPS) is 16.7. The second-order valence-electron chi connectivity index (χ2n) is 5.65. The number of nitrogens with zero attached hydrogens (tertiary/aromatic N) is 1. The predicted octanol–water partition coefficient (Wildman–Crippen LogP) is 3.14. The van der Waals surface area contributed by atoms with Gasteiger partial charge in [-0.2, -0.15) is 0 Å². The number of benzene rings is 2. The highest BCUT2D eigenvalue weighted by Gasteiger charge is 2.33. The lowest BCUT2D eigenvalue weighted by Crippen LogP contribution is -2.26. The van der Waals surface area contributed by atoms with Crippen LogP contribution in [0.1, 0.15) is 23.5 Å². The van der Waals surface area contributed by atoms with Gasteiger partial charge in [-0.15, -0.1) is 0 Å². The van der Waals surface area contributed by atoms with Gasteiger partial charge in [-0.05, 0) is 24.6 Å². The molecule has 0 spiro atoms. The number of aromatic nitrogens is 1. The van der Waals surface area contributed by atoms with E-state index in [1.807, 2.05) is 48.5 Å². The molecule has 0 amide bonds. The van der Waals surface area contributed by atoms with E-state index in [2.05, 4.69) is 22.8 Å². The van der Waals surface area contributed by atoms with Gasteiger partial charge in [0, 0.05) is 28.1 Å². The predicted molar refractivity (Wildman–Crippen MR) is 89.9 cm³/mol. The summed E-state index contributed by atoms with van der Waals surface area (Å²) in [5, 5.41) is 20.8. The molecule has 2 aromatic carbocycles. The summed E-state index contributed by atoms with van der Waals surface area (Å²) in [6.45, 7) is 0. The highest BCUT2D eigenvalue weighted by molar-refractivity contribution is 6.43. The lowest BCUT2D eigenvalue weighted by Gasteiger charge is -2.22. The van der Waals surface area contributed by atoms with Gasteiger partial charge in [0.1, 0.15) is 0 Å². The SMILES string of the molecule is OB(O)C1CC=Cc2c1n(-c1ccccc1)c1ccccc21. The van der Waals surface area contributed by atoms with Crippen LogP contribution in [0.25, 0.3) is 22.7 Å². The average Bonchev–Trinajstić information content (AvgIpc) is 2.90. The molecule has 2 N–H and O–H groups in total. The van der Waals surface area contributed by atoms with Crippen molar-refractivity contribution in [2.24, 2.45) is 0 Å². The minimum atomic E-state index is -1.37. The Bertz CT molecular complexity index is 852. The Morgan fingerprint density at radius 2 is 1.68 bits per heavy atom. The summed E-state index contributed by atoms with van der Waals surface area (Å²) < 4.78 is 2.15. The van der Waals surface area contributed by atoms with E-state index in [-0.39, 0.29) is 5.82 Å². The second kappa shape index (κ2) is 5.16. The summed E-state index contributed by atoms with van der Waals surface area (Å²) in [7, 11) is -1.37. The Kier molecular flexibility index (Phi) is 3.14. The Labute approximate surface area is 129 Å². The fraction of sp³-hybridized carbons (Fsp3) is 0.111. The van der Waals surface area contributed by atoms with Crippen molar-refractivity contribution < 1.29 is 10.0 Å². The third-order valence-electron chi connectivity index (χ3n) is 4.35. The number of rotatable bonds is 2. The van der Waals surface area contributed by atoms with Crippen molar-refractivity contribution in [3.8, 4) is 5.69 Å². The monoisotopic (exact) mass is 289 g/mol. The molecule has 1 aromatic heterocycles. The molecule has 1 unspecified atom stereocenters. The summed E-state index contributed by atoms with van der Waals surface area (Å²) in [5.41, 5.74) is 4.20. The summed E-state index contributed by atoms with van der Waals surface area (Å²) in [5.74, 6) is -0.312. The maximum Gasteiger partial charge on any atom is 0.461 e. The average molecular weight is 289 g/mol. The van der Waals surface area contributed by atoms with Crippen LogP contribution in [0.5, 0.6) is 0 Å². The molecular formula is C18H16BNO2. The van der Waals surface area contributed by atoms with E-state index >= 15 is 0 Å². The number of fused-ring (bicyclic) bond motifs is 3. The molecule has 0 radical (unpaired) electrons. The molecular weight excluding hydrogens is 273 g/mol. The first-order valence-electron chi connectivity index (χ1n) is 7.49. The Hall–Kier alpha value is -2.30. The van der Waals surface area contributed by atoms with Crippen LogP contribution in [0.4, 0.5) is 0 Å². The van der Waals surface area contributed by atoms with Crippen molar-refractivity contribution >= 4 is 24.1 Å². The molecule has 0 bridgehead atoms. The zero-order valence-electron chi connectivity index (χ0n) is 12.1. The van der Waals surface area contributed by atoms with Gasteiger partial charge < -0.3 is 14.6 Å². The minimum Gasteiger partial charge on any atom is -0.427 e. The third kappa shape index (κ3) is 1.92. The molecule has 22 heavy (non-hydrogen) atoms. The lowest BCUT2D eigenvalue weighted by atomic mass is 9.66. The van der Waals surface area contributed by atoms with Gasteiger partial charge in [0.2, 0.25) is 0 Å². The first-order valence-corrected chi connectivity index (χ1v) is 7.49. The largest absolute Gasteiger partial charge is 0.461 e. The van der Waals surface area contributed by atoms with Crippen molar-refractivity contribution in [3.05, 3.63) is 71.9 Å². The van der Waals surface area contributed by atoms with Gasteiger partial charge >= 0.3 is 7.12 Å². The molecule has 4 rings (SSSR count). The molecule has 1 heterocycles. The maximum atomic E-state index is 9.83.